The predicted octanol–water partition coefficient (Wildman–Crippen LogP) is 0.271. The van der Waals surface area contributed by atoms with Crippen molar-refractivity contribution in [2.24, 2.45) is 0 Å². The minimum atomic E-state index is -0.689. The molecular weight excluding hydrogens is 760 g/mol. The summed E-state index contributed by atoms with van der Waals surface area (Å²) in [5.41, 5.74) is 0.117. The average molecular weight is 811 g/mol. The Kier molecular flexibility index (Phi) is 23.1. The zero-order valence-corrected chi connectivity index (χ0v) is 31.6. The highest BCUT2D eigenvalue weighted by molar-refractivity contribution is 6.12. The molecule has 1 aromatic heterocycles. The highest BCUT2D eigenvalue weighted by atomic mass is 16.6. The van der Waals surface area contributed by atoms with Crippen LogP contribution in [0.15, 0.2) is 36.5 Å². The summed E-state index contributed by atoms with van der Waals surface area (Å²) in [4.78, 5) is 56.4. The Morgan fingerprint density at radius 3 is 1.79 bits per heavy atom. The maximum absolute atomic E-state index is 11.8. The van der Waals surface area contributed by atoms with Crippen molar-refractivity contribution in [3.63, 3.8) is 0 Å². The summed E-state index contributed by atoms with van der Waals surface area (Å²) in [5.74, 6) is -0.992. The van der Waals surface area contributed by atoms with E-state index >= 15 is 0 Å². The highest BCUT2D eigenvalue weighted by Gasteiger charge is 2.22. The van der Waals surface area contributed by atoms with Crippen LogP contribution in [0.4, 0.5) is 17.1 Å². The molecule has 23 heteroatoms. The standard InChI is InChI=1S/C34H50N8O15/c43-32(36-6-8-40-33(44)3-4-34(40)45)5-10-50-13-16-53-19-20-55-21-22-56-23-24-57-27-28-26-39(38-37-28)9-12-52-15-18-54-17-14-51-11-7-35-30-2-1-29(41(46)47)25-31(30)42(48)49/h1-4,25-26,35H,5-24,27H2,(H,36,43). The molecule has 0 radical (unpaired) electrons. The lowest BCUT2D eigenvalue weighted by molar-refractivity contribution is -0.393. The third-order valence-corrected chi connectivity index (χ3v) is 7.52. The molecule has 0 atom stereocenters. The number of benzene rings is 1. The van der Waals surface area contributed by atoms with Crippen LogP contribution in [-0.2, 0) is 65.4 Å². The summed E-state index contributed by atoms with van der Waals surface area (Å²) in [5, 5.41) is 35.6. The van der Waals surface area contributed by atoms with Crippen LogP contribution in [0, 0.1) is 20.2 Å². The molecular formula is C34H50N8O15. The number of nitro benzene ring substituents is 2. The number of aromatic nitrogens is 3. The van der Waals surface area contributed by atoms with Gasteiger partial charge in [-0.25, -0.2) is 4.68 Å². The number of nitrogens with one attached hydrogen (secondary N) is 2. The first-order valence-electron chi connectivity index (χ1n) is 18.2. The number of hydrogen-bond donors (Lipinski definition) is 2. The van der Waals surface area contributed by atoms with Gasteiger partial charge in [0.2, 0.25) is 5.91 Å². The number of ether oxygens (including phenoxy) is 8. The van der Waals surface area contributed by atoms with Crippen LogP contribution in [0.3, 0.4) is 0 Å². The molecule has 2 N–H and O–H groups in total. The number of nitro groups is 2. The maximum Gasteiger partial charge on any atom is 0.299 e. The first kappa shape index (κ1) is 46.4. The number of anilines is 1. The molecule has 0 saturated heterocycles. The Morgan fingerprint density at radius 2 is 1.21 bits per heavy atom. The normalized spacial score (nSPS) is 12.5. The van der Waals surface area contributed by atoms with Gasteiger partial charge in [-0.3, -0.25) is 39.5 Å². The minimum Gasteiger partial charge on any atom is -0.379 e. The second-order valence-corrected chi connectivity index (χ2v) is 11.7. The fourth-order valence-corrected chi connectivity index (χ4v) is 4.67. The summed E-state index contributed by atoms with van der Waals surface area (Å²) >= 11 is 0. The SMILES string of the molecule is O=C(CCOCCOCCOCCOCCOCc1cn(CCOCCOCCOCCNc2ccc([N+](=O)[O-])cc2[N+](=O)[O-])nn1)NCCN1C(=O)C=CC1=O. The van der Waals surface area contributed by atoms with Crippen molar-refractivity contribution in [3.05, 3.63) is 62.5 Å². The third kappa shape index (κ3) is 20.1. The molecule has 2 aromatic rings. The molecule has 0 spiro atoms. The van der Waals surface area contributed by atoms with Crippen LogP contribution in [-0.4, -0.2) is 166 Å². The Morgan fingerprint density at radius 1 is 0.667 bits per heavy atom. The maximum atomic E-state index is 11.8. The molecule has 0 aliphatic carbocycles. The van der Waals surface area contributed by atoms with E-state index in [1.54, 1.807) is 10.9 Å². The smallest absolute Gasteiger partial charge is 0.299 e. The number of hydrogen-bond acceptors (Lipinski definition) is 18. The number of carbonyl (C=O) groups excluding carboxylic acids is 3. The molecule has 0 saturated carbocycles. The van der Waals surface area contributed by atoms with E-state index in [-0.39, 0.29) is 74.1 Å². The van der Waals surface area contributed by atoms with Crippen LogP contribution in [0.2, 0.25) is 0 Å². The van der Waals surface area contributed by atoms with E-state index in [0.717, 1.165) is 11.0 Å². The van der Waals surface area contributed by atoms with Crippen LogP contribution < -0.4 is 10.6 Å². The van der Waals surface area contributed by atoms with Crippen LogP contribution in [0.1, 0.15) is 12.1 Å². The number of nitrogens with zero attached hydrogens (tertiary/aromatic N) is 6. The van der Waals surface area contributed by atoms with Gasteiger partial charge in [-0.1, -0.05) is 5.21 Å². The zero-order valence-electron chi connectivity index (χ0n) is 31.6. The van der Waals surface area contributed by atoms with Crippen molar-refractivity contribution < 1.29 is 62.1 Å². The van der Waals surface area contributed by atoms with Gasteiger partial charge in [-0.05, 0) is 6.07 Å². The van der Waals surface area contributed by atoms with Gasteiger partial charge in [0.05, 0.1) is 134 Å². The lowest BCUT2D eigenvalue weighted by atomic mass is 10.2. The molecule has 0 bridgehead atoms. The van der Waals surface area contributed by atoms with Crippen LogP contribution in [0.5, 0.6) is 0 Å². The average Bonchev–Trinajstić information content (AvgIpc) is 3.79. The molecule has 3 rings (SSSR count). The molecule has 316 valence electrons. The van der Waals surface area contributed by atoms with E-state index in [4.69, 9.17) is 37.9 Å². The molecule has 23 nitrogen and oxygen atoms in total. The number of non-ortho nitro benzene ring substituents is 1. The van der Waals surface area contributed by atoms with Crippen molar-refractivity contribution in [3.8, 4) is 0 Å². The van der Waals surface area contributed by atoms with E-state index in [2.05, 4.69) is 20.9 Å². The molecule has 0 unspecified atom stereocenters. The van der Waals surface area contributed by atoms with Crippen molar-refractivity contribution in [1.82, 2.24) is 25.2 Å². The first-order chi connectivity index (χ1) is 27.7. The Hall–Kier alpha value is -5.01. The van der Waals surface area contributed by atoms with Gasteiger partial charge in [0.15, 0.2) is 0 Å². The highest BCUT2D eigenvalue weighted by Crippen LogP contribution is 2.28. The van der Waals surface area contributed by atoms with Gasteiger partial charge in [0.25, 0.3) is 23.2 Å². The van der Waals surface area contributed by atoms with Gasteiger partial charge < -0.3 is 48.5 Å². The second kappa shape index (κ2) is 28.4. The number of amides is 3. The van der Waals surface area contributed by atoms with Crippen molar-refractivity contribution in [2.75, 3.05) is 124 Å². The number of imide groups is 1. The van der Waals surface area contributed by atoms with E-state index in [1.807, 2.05) is 0 Å². The Bertz CT molecular complexity index is 1540. The van der Waals surface area contributed by atoms with E-state index in [0.29, 0.717) is 105 Å². The van der Waals surface area contributed by atoms with Gasteiger partial charge in [0.1, 0.15) is 11.4 Å². The molecule has 57 heavy (non-hydrogen) atoms. The molecule has 3 amide bonds. The molecule has 0 fully saturated rings. The fraction of sp³-hybridized carbons (Fsp3) is 0.618. The zero-order chi connectivity index (χ0) is 40.9. The van der Waals surface area contributed by atoms with Crippen molar-refractivity contribution in [1.29, 1.82) is 0 Å². The van der Waals surface area contributed by atoms with E-state index in [9.17, 15) is 34.6 Å². The Balaban J connectivity index is 1.01. The van der Waals surface area contributed by atoms with E-state index in [1.165, 1.54) is 24.3 Å². The number of rotatable bonds is 35. The predicted molar refractivity (Wildman–Crippen MR) is 197 cm³/mol. The summed E-state index contributed by atoms with van der Waals surface area (Å²) in [6.07, 6.45) is 4.34. The summed E-state index contributed by atoms with van der Waals surface area (Å²) in [7, 11) is 0. The van der Waals surface area contributed by atoms with Crippen molar-refractivity contribution in [2.45, 2.75) is 19.6 Å². The second-order valence-electron chi connectivity index (χ2n) is 11.7. The lowest BCUT2D eigenvalue weighted by Gasteiger charge is -2.14. The fourth-order valence-electron chi connectivity index (χ4n) is 4.67. The molecule has 1 aliphatic heterocycles. The summed E-state index contributed by atoms with van der Waals surface area (Å²) in [6, 6.07) is 3.40. The Labute approximate surface area is 328 Å². The summed E-state index contributed by atoms with van der Waals surface area (Å²) in [6.45, 7) is 6.78. The monoisotopic (exact) mass is 810 g/mol. The molecule has 1 aromatic carbocycles. The van der Waals surface area contributed by atoms with Gasteiger partial charge in [-0.2, -0.15) is 0 Å². The largest absolute Gasteiger partial charge is 0.379 e. The number of carbonyl (C=O) groups is 3. The van der Waals surface area contributed by atoms with E-state index < -0.39 is 9.85 Å². The quantitative estimate of drug-likeness (QED) is 0.0409. The molecule has 1 aliphatic rings. The molecule has 2 heterocycles. The topological polar surface area (TPSA) is 269 Å². The minimum absolute atomic E-state index is 0.128. The van der Waals surface area contributed by atoms with Gasteiger partial charge in [-0.15, -0.1) is 5.10 Å². The van der Waals surface area contributed by atoms with Crippen LogP contribution >= 0.6 is 0 Å². The van der Waals surface area contributed by atoms with Gasteiger partial charge >= 0.3 is 0 Å². The third-order valence-electron chi connectivity index (χ3n) is 7.52. The van der Waals surface area contributed by atoms with Crippen molar-refractivity contribution >= 4 is 34.8 Å². The first-order valence-corrected chi connectivity index (χ1v) is 18.2. The lowest BCUT2D eigenvalue weighted by Crippen LogP contribution is -2.38. The van der Waals surface area contributed by atoms with Crippen LogP contribution in [0.25, 0.3) is 0 Å². The van der Waals surface area contributed by atoms with Gasteiger partial charge in [0, 0.05) is 44.3 Å². The summed E-state index contributed by atoms with van der Waals surface area (Å²) < 4.78 is 45.4.